The lowest BCUT2D eigenvalue weighted by molar-refractivity contribution is -0.297. The van der Waals surface area contributed by atoms with E-state index in [4.69, 9.17) is 0 Å². The molecule has 0 saturated heterocycles. The molecule has 1 amide bonds. The molecule has 0 radical (unpaired) electrons. The number of hydrogen-bond donors (Lipinski definition) is 1. The van der Waals surface area contributed by atoms with Gasteiger partial charge in [-0.15, -0.1) is 0 Å². The number of carbonyl (C=O) groups excluding carboxylic acids is 1. The third kappa shape index (κ3) is 2.22. The second-order valence-electron chi connectivity index (χ2n) is 4.44. The van der Waals surface area contributed by atoms with Gasteiger partial charge in [-0.25, -0.2) is 0 Å². The summed E-state index contributed by atoms with van der Waals surface area (Å²) < 4.78 is 40.5. The Morgan fingerprint density at radius 3 is 2.60 bits per heavy atom. The molecule has 2 heterocycles. The van der Waals surface area contributed by atoms with E-state index in [9.17, 15) is 23.1 Å². The summed E-state index contributed by atoms with van der Waals surface area (Å²) in [6, 6.07) is 0. The van der Waals surface area contributed by atoms with Crippen molar-refractivity contribution >= 4 is 27.5 Å². The van der Waals surface area contributed by atoms with Gasteiger partial charge in [0.2, 0.25) is 0 Å². The molecule has 1 atom stereocenters. The highest BCUT2D eigenvalue weighted by molar-refractivity contribution is 9.10. The van der Waals surface area contributed by atoms with Gasteiger partial charge >= 0.3 is 6.18 Å². The first-order chi connectivity index (χ1) is 9.06. The van der Waals surface area contributed by atoms with Crippen LogP contribution in [0.4, 0.5) is 13.2 Å². The maximum atomic E-state index is 13.0. The van der Waals surface area contributed by atoms with Crippen molar-refractivity contribution in [3.05, 3.63) is 16.4 Å². The Balaban J connectivity index is 2.44. The third-order valence-electron chi connectivity index (χ3n) is 2.76. The number of aliphatic hydroxyl groups is 1. The molecule has 1 aliphatic rings. The second-order valence-corrected chi connectivity index (χ2v) is 5.30. The predicted octanol–water partition coefficient (Wildman–Crippen LogP) is 1.66. The van der Waals surface area contributed by atoms with E-state index < -0.39 is 24.2 Å². The molecule has 0 fully saturated rings. The van der Waals surface area contributed by atoms with Crippen molar-refractivity contribution < 1.29 is 23.1 Å². The first kappa shape index (κ1) is 15.0. The van der Waals surface area contributed by atoms with Gasteiger partial charge < -0.3 is 5.11 Å². The fourth-order valence-corrected chi connectivity index (χ4v) is 2.40. The molecule has 1 aliphatic heterocycles. The van der Waals surface area contributed by atoms with Gasteiger partial charge in [0, 0.05) is 25.4 Å². The number of amides is 1. The van der Waals surface area contributed by atoms with Gasteiger partial charge in [-0.1, -0.05) is 0 Å². The number of aryl methyl sites for hydroxylation is 1. The zero-order chi connectivity index (χ0) is 15.3. The highest BCUT2D eigenvalue weighted by atomic mass is 79.9. The standard InChI is InChI=1S/C10H10BrF3N4O2/c1-5-3-9(20,10(12,13)14)18(15-5)8(19)7-6(11)4-17(2)16-7/h4,20H,3H2,1-2H3/t9-/m1/s1. The maximum Gasteiger partial charge on any atom is 0.438 e. The van der Waals surface area contributed by atoms with Crippen molar-refractivity contribution in [3.8, 4) is 0 Å². The lowest BCUT2D eigenvalue weighted by Gasteiger charge is -2.32. The number of halogens is 4. The number of aromatic nitrogens is 2. The van der Waals surface area contributed by atoms with E-state index in [-0.39, 0.29) is 20.9 Å². The Labute approximate surface area is 120 Å². The van der Waals surface area contributed by atoms with Crippen molar-refractivity contribution in [1.29, 1.82) is 0 Å². The molecule has 1 N–H and O–H groups in total. The molecule has 0 unspecified atom stereocenters. The Bertz CT molecular complexity index is 598. The van der Waals surface area contributed by atoms with Crippen LogP contribution in [0.5, 0.6) is 0 Å². The minimum Gasteiger partial charge on any atom is -0.362 e. The van der Waals surface area contributed by atoms with Crippen LogP contribution in [0.2, 0.25) is 0 Å². The lowest BCUT2D eigenvalue weighted by Crippen LogP contribution is -2.56. The van der Waals surface area contributed by atoms with Crippen molar-refractivity contribution in [2.75, 3.05) is 0 Å². The monoisotopic (exact) mass is 354 g/mol. The summed E-state index contributed by atoms with van der Waals surface area (Å²) in [6.45, 7) is 1.30. The fraction of sp³-hybridized carbons (Fsp3) is 0.500. The predicted molar refractivity (Wildman–Crippen MR) is 65.8 cm³/mol. The number of carbonyl (C=O) groups is 1. The van der Waals surface area contributed by atoms with Crippen LogP contribution in [-0.4, -0.2) is 43.4 Å². The van der Waals surface area contributed by atoms with Crippen LogP contribution in [0, 0.1) is 0 Å². The molecule has 0 spiro atoms. The summed E-state index contributed by atoms with van der Waals surface area (Å²) in [4.78, 5) is 12.1. The SMILES string of the molecule is CC1=NN(C(=O)c2nn(C)cc2Br)[C@](O)(C(F)(F)F)C1. The minimum atomic E-state index is -5.02. The van der Waals surface area contributed by atoms with Crippen LogP contribution in [0.1, 0.15) is 23.8 Å². The highest BCUT2D eigenvalue weighted by Crippen LogP contribution is 2.41. The second kappa shape index (κ2) is 4.55. The summed E-state index contributed by atoms with van der Waals surface area (Å²) in [5.74, 6) is -1.13. The van der Waals surface area contributed by atoms with Crippen LogP contribution in [0.3, 0.4) is 0 Å². The number of hydrazone groups is 1. The van der Waals surface area contributed by atoms with E-state index in [1.165, 1.54) is 24.9 Å². The molecule has 1 aromatic rings. The summed E-state index contributed by atoms with van der Waals surface area (Å²) in [5.41, 5.74) is -3.59. The van der Waals surface area contributed by atoms with Crippen LogP contribution < -0.4 is 0 Å². The Kier molecular flexibility index (Phi) is 3.41. The van der Waals surface area contributed by atoms with Crippen LogP contribution in [-0.2, 0) is 7.05 Å². The van der Waals surface area contributed by atoms with Gasteiger partial charge in [-0.05, 0) is 22.9 Å². The molecule has 110 valence electrons. The Hall–Kier alpha value is -1.42. The van der Waals surface area contributed by atoms with E-state index in [1.54, 1.807) is 0 Å². The van der Waals surface area contributed by atoms with Crippen LogP contribution >= 0.6 is 15.9 Å². The molecule has 20 heavy (non-hydrogen) atoms. The summed E-state index contributed by atoms with van der Waals surface area (Å²) in [7, 11) is 1.51. The fourth-order valence-electron chi connectivity index (χ4n) is 1.86. The smallest absolute Gasteiger partial charge is 0.362 e. The molecule has 0 aliphatic carbocycles. The average molecular weight is 355 g/mol. The average Bonchev–Trinajstić information content (AvgIpc) is 2.77. The molecule has 6 nitrogen and oxygen atoms in total. The van der Waals surface area contributed by atoms with E-state index >= 15 is 0 Å². The van der Waals surface area contributed by atoms with E-state index in [2.05, 4.69) is 26.1 Å². The lowest BCUT2D eigenvalue weighted by atomic mass is 10.1. The van der Waals surface area contributed by atoms with Gasteiger partial charge in [0.1, 0.15) is 0 Å². The van der Waals surface area contributed by atoms with Crippen molar-refractivity contribution in [2.24, 2.45) is 12.1 Å². The highest BCUT2D eigenvalue weighted by Gasteiger charge is 2.63. The van der Waals surface area contributed by atoms with E-state index in [0.29, 0.717) is 0 Å². The number of hydrogen-bond acceptors (Lipinski definition) is 4. The topological polar surface area (TPSA) is 70.7 Å². The molecule has 10 heteroatoms. The largest absolute Gasteiger partial charge is 0.438 e. The van der Waals surface area contributed by atoms with Crippen molar-refractivity contribution in [3.63, 3.8) is 0 Å². The quantitative estimate of drug-likeness (QED) is 0.833. The van der Waals surface area contributed by atoms with Gasteiger partial charge in [0.15, 0.2) is 5.69 Å². The van der Waals surface area contributed by atoms with Crippen molar-refractivity contribution in [2.45, 2.75) is 25.2 Å². The minimum absolute atomic E-state index is 0.00484. The number of alkyl halides is 3. The summed E-state index contributed by atoms with van der Waals surface area (Å²) in [5, 5.41) is 17.1. The van der Waals surface area contributed by atoms with Crippen molar-refractivity contribution in [1.82, 2.24) is 14.8 Å². The van der Waals surface area contributed by atoms with Gasteiger partial charge in [0.25, 0.3) is 11.6 Å². The Morgan fingerprint density at radius 1 is 1.55 bits per heavy atom. The van der Waals surface area contributed by atoms with Gasteiger partial charge in [-0.3, -0.25) is 9.48 Å². The zero-order valence-corrected chi connectivity index (χ0v) is 12.0. The molecular weight excluding hydrogens is 345 g/mol. The maximum absolute atomic E-state index is 13.0. The van der Waals surface area contributed by atoms with Gasteiger partial charge in [-0.2, -0.15) is 28.4 Å². The third-order valence-corrected chi connectivity index (χ3v) is 3.34. The molecule has 1 aromatic heterocycles. The number of nitrogens with zero attached hydrogens (tertiary/aromatic N) is 4. The summed E-state index contributed by atoms with van der Waals surface area (Å²) >= 11 is 3.03. The first-order valence-electron chi connectivity index (χ1n) is 5.43. The molecule has 2 rings (SSSR count). The van der Waals surface area contributed by atoms with Crippen LogP contribution in [0.25, 0.3) is 0 Å². The van der Waals surface area contributed by atoms with Gasteiger partial charge in [0.05, 0.1) is 4.47 Å². The molecule has 0 aromatic carbocycles. The summed E-state index contributed by atoms with van der Waals surface area (Å²) in [6.07, 6.45) is -4.40. The molecule has 0 saturated carbocycles. The van der Waals surface area contributed by atoms with E-state index in [1.807, 2.05) is 0 Å². The molecule has 0 bridgehead atoms. The number of rotatable bonds is 1. The zero-order valence-electron chi connectivity index (χ0n) is 10.4. The Morgan fingerprint density at radius 2 is 2.15 bits per heavy atom. The first-order valence-corrected chi connectivity index (χ1v) is 6.22. The van der Waals surface area contributed by atoms with Crippen LogP contribution in [0.15, 0.2) is 15.8 Å². The normalized spacial score (nSPS) is 23.1. The van der Waals surface area contributed by atoms with E-state index in [0.717, 1.165) is 0 Å². The molecular formula is C10H10BrF3N4O2.